The van der Waals surface area contributed by atoms with Crippen LogP contribution in [0, 0.1) is 0 Å². The van der Waals surface area contributed by atoms with Crippen molar-refractivity contribution >= 4 is 34.7 Å². The van der Waals surface area contributed by atoms with Crippen LogP contribution in [0.1, 0.15) is 23.8 Å². The maximum Gasteiger partial charge on any atom is 0.272 e. The fourth-order valence-corrected chi connectivity index (χ4v) is 1.52. The first-order valence-corrected chi connectivity index (χ1v) is 6.02. The van der Waals surface area contributed by atoms with E-state index in [1.807, 2.05) is 6.92 Å². The van der Waals surface area contributed by atoms with Crippen LogP contribution in [0.4, 0.5) is 0 Å². The van der Waals surface area contributed by atoms with Crippen LogP contribution in [0.25, 0.3) is 0 Å². The summed E-state index contributed by atoms with van der Waals surface area (Å²) < 4.78 is 0. The molecule has 1 aromatic rings. The Labute approximate surface area is 111 Å². The van der Waals surface area contributed by atoms with Crippen LogP contribution < -0.4 is 5.73 Å². The molecule has 6 heteroatoms. The summed E-state index contributed by atoms with van der Waals surface area (Å²) in [5.74, 6) is -0.139. The molecule has 4 nitrogen and oxygen atoms in total. The van der Waals surface area contributed by atoms with Gasteiger partial charge in [-0.25, -0.2) is 4.98 Å². The van der Waals surface area contributed by atoms with E-state index in [1.54, 1.807) is 17.0 Å². The number of halogens is 1. The molecular formula is C11H14ClN3OS. The minimum atomic E-state index is -0.139. The number of nitrogens with two attached hydrogens (primary N) is 1. The summed E-state index contributed by atoms with van der Waals surface area (Å²) in [6, 6.07) is 3.25. The summed E-state index contributed by atoms with van der Waals surface area (Å²) >= 11 is 10.5. The fourth-order valence-electron chi connectivity index (χ4n) is 1.31. The summed E-state index contributed by atoms with van der Waals surface area (Å²) in [6.45, 7) is 2.99. The van der Waals surface area contributed by atoms with E-state index in [0.717, 1.165) is 0 Å². The van der Waals surface area contributed by atoms with E-state index in [1.165, 1.54) is 6.20 Å². The average molecular weight is 272 g/mol. The van der Waals surface area contributed by atoms with Gasteiger partial charge in [0.05, 0.1) is 10.0 Å². The van der Waals surface area contributed by atoms with E-state index >= 15 is 0 Å². The SMILES string of the molecule is CCN(CCC(N)=S)C(=O)c1ccc(Cl)cn1. The van der Waals surface area contributed by atoms with Crippen molar-refractivity contribution in [2.45, 2.75) is 13.3 Å². The Balaban J connectivity index is 2.71. The Morgan fingerprint density at radius 2 is 2.29 bits per heavy atom. The van der Waals surface area contributed by atoms with E-state index in [9.17, 15) is 4.79 Å². The summed E-state index contributed by atoms with van der Waals surface area (Å²) in [5, 5.41) is 0.507. The first-order valence-electron chi connectivity index (χ1n) is 5.23. The van der Waals surface area contributed by atoms with Crippen molar-refractivity contribution < 1.29 is 4.79 Å². The molecule has 17 heavy (non-hydrogen) atoms. The number of hydrogen-bond donors (Lipinski definition) is 1. The zero-order valence-electron chi connectivity index (χ0n) is 9.52. The number of thiocarbonyl (C=S) groups is 1. The topological polar surface area (TPSA) is 59.2 Å². The van der Waals surface area contributed by atoms with Crippen molar-refractivity contribution in [2.24, 2.45) is 5.73 Å². The number of hydrogen-bond acceptors (Lipinski definition) is 3. The molecule has 0 aliphatic heterocycles. The van der Waals surface area contributed by atoms with Crippen LogP contribution in [0.15, 0.2) is 18.3 Å². The molecule has 0 atom stereocenters. The van der Waals surface area contributed by atoms with Gasteiger partial charge in [0.15, 0.2) is 0 Å². The molecule has 0 aliphatic rings. The maximum atomic E-state index is 12.0. The summed E-state index contributed by atoms with van der Waals surface area (Å²) in [7, 11) is 0. The highest BCUT2D eigenvalue weighted by molar-refractivity contribution is 7.80. The van der Waals surface area contributed by atoms with E-state index in [0.29, 0.717) is 35.2 Å². The predicted molar refractivity (Wildman–Crippen MR) is 72.2 cm³/mol. The largest absolute Gasteiger partial charge is 0.393 e. The van der Waals surface area contributed by atoms with Gasteiger partial charge in [0.1, 0.15) is 5.69 Å². The van der Waals surface area contributed by atoms with Crippen LogP contribution in [-0.2, 0) is 0 Å². The molecule has 1 amide bonds. The summed E-state index contributed by atoms with van der Waals surface area (Å²) in [5.41, 5.74) is 5.79. The van der Waals surface area contributed by atoms with Gasteiger partial charge in [-0.05, 0) is 19.1 Å². The maximum absolute atomic E-state index is 12.0. The van der Waals surface area contributed by atoms with Crippen molar-refractivity contribution in [3.8, 4) is 0 Å². The molecule has 92 valence electrons. The molecule has 0 aromatic carbocycles. The monoisotopic (exact) mass is 271 g/mol. The average Bonchev–Trinajstić information content (AvgIpc) is 2.30. The third kappa shape index (κ3) is 4.28. The fraction of sp³-hybridized carbons (Fsp3) is 0.364. The highest BCUT2D eigenvalue weighted by atomic mass is 35.5. The van der Waals surface area contributed by atoms with Gasteiger partial charge in [-0.2, -0.15) is 0 Å². The van der Waals surface area contributed by atoms with Crippen LogP contribution in [0.2, 0.25) is 5.02 Å². The summed E-state index contributed by atoms with van der Waals surface area (Å²) in [6.07, 6.45) is 1.97. The van der Waals surface area contributed by atoms with Gasteiger partial charge in [0.25, 0.3) is 5.91 Å². The molecule has 1 rings (SSSR count). The molecule has 0 spiro atoms. The zero-order valence-corrected chi connectivity index (χ0v) is 11.1. The van der Waals surface area contributed by atoms with E-state index < -0.39 is 0 Å². The number of pyridine rings is 1. The van der Waals surface area contributed by atoms with Crippen LogP contribution >= 0.6 is 23.8 Å². The highest BCUT2D eigenvalue weighted by Gasteiger charge is 2.15. The first-order chi connectivity index (χ1) is 8.04. The minimum Gasteiger partial charge on any atom is -0.393 e. The first kappa shape index (κ1) is 13.9. The van der Waals surface area contributed by atoms with Crippen molar-refractivity contribution in [3.63, 3.8) is 0 Å². The Morgan fingerprint density at radius 3 is 2.76 bits per heavy atom. The molecule has 1 aromatic heterocycles. The number of nitrogens with zero attached hydrogens (tertiary/aromatic N) is 2. The number of carbonyl (C=O) groups is 1. The van der Waals surface area contributed by atoms with E-state index in [4.69, 9.17) is 29.6 Å². The highest BCUT2D eigenvalue weighted by Crippen LogP contribution is 2.08. The van der Waals surface area contributed by atoms with Crippen LogP contribution in [0.5, 0.6) is 0 Å². The standard InChI is InChI=1S/C11H14ClN3OS/c1-2-15(6-5-10(13)17)11(16)9-4-3-8(12)7-14-9/h3-4,7H,2,5-6H2,1H3,(H2,13,17). The number of amides is 1. The Bertz CT molecular complexity index is 408. The molecule has 0 radical (unpaired) electrons. The van der Waals surface area contributed by atoms with Crippen LogP contribution in [0.3, 0.4) is 0 Å². The molecular weight excluding hydrogens is 258 g/mol. The third-order valence-electron chi connectivity index (χ3n) is 2.24. The molecule has 0 fully saturated rings. The second-order valence-corrected chi connectivity index (χ2v) is 4.42. The lowest BCUT2D eigenvalue weighted by atomic mass is 10.3. The zero-order chi connectivity index (χ0) is 12.8. The van der Waals surface area contributed by atoms with Gasteiger partial charge in [0.2, 0.25) is 0 Å². The van der Waals surface area contributed by atoms with Gasteiger partial charge in [-0.1, -0.05) is 23.8 Å². The molecule has 1 heterocycles. The van der Waals surface area contributed by atoms with Gasteiger partial charge in [-0.15, -0.1) is 0 Å². The second kappa shape index (κ2) is 6.51. The van der Waals surface area contributed by atoms with E-state index in [-0.39, 0.29) is 5.91 Å². The molecule has 0 saturated carbocycles. The lowest BCUT2D eigenvalue weighted by molar-refractivity contribution is 0.0763. The second-order valence-electron chi connectivity index (χ2n) is 3.46. The lowest BCUT2D eigenvalue weighted by Gasteiger charge is -2.19. The van der Waals surface area contributed by atoms with Crippen molar-refractivity contribution in [1.29, 1.82) is 0 Å². The van der Waals surface area contributed by atoms with Gasteiger partial charge < -0.3 is 10.6 Å². The van der Waals surface area contributed by atoms with E-state index in [2.05, 4.69) is 4.98 Å². The summed E-state index contributed by atoms with van der Waals surface area (Å²) in [4.78, 5) is 18.1. The number of carbonyl (C=O) groups excluding carboxylic acids is 1. The molecule has 2 N–H and O–H groups in total. The van der Waals surface area contributed by atoms with Crippen molar-refractivity contribution in [3.05, 3.63) is 29.0 Å². The molecule has 0 aliphatic carbocycles. The van der Waals surface area contributed by atoms with Crippen LogP contribution in [-0.4, -0.2) is 33.9 Å². The Kier molecular flexibility index (Phi) is 5.31. The molecule has 0 unspecified atom stereocenters. The minimum absolute atomic E-state index is 0.139. The molecule has 0 saturated heterocycles. The van der Waals surface area contributed by atoms with Gasteiger partial charge in [0, 0.05) is 25.7 Å². The normalized spacial score (nSPS) is 10.0. The smallest absolute Gasteiger partial charge is 0.272 e. The Morgan fingerprint density at radius 1 is 1.59 bits per heavy atom. The lowest BCUT2D eigenvalue weighted by Crippen LogP contribution is -2.34. The quantitative estimate of drug-likeness (QED) is 0.831. The predicted octanol–water partition coefficient (Wildman–Crippen LogP) is 1.87. The van der Waals surface area contributed by atoms with Gasteiger partial charge in [-0.3, -0.25) is 4.79 Å². The number of rotatable bonds is 5. The van der Waals surface area contributed by atoms with Gasteiger partial charge >= 0.3 is 0 Å². The molecule has 0 bridgehead atoms. The number of aromatic nitrogens is 1. The third-order valence-corrected chi connectivity index (χ3v) is 2.67. The Hall–Kier alpha value is -1.20. The van der Waals surface area contributed by atoms with Crippen molar-refractivity contribution in [2.75, 3.05) is 13.1 Å². The van der Waals surface area contributed by atoms with Crippen molar-refractivity contribution in [1.82, 2.24) is 9.88 Å².